The highest BCUT2D eigenvalue weighted by atomic mass is 127. The van der Waals surface area contributed by atoms with Gasteiger partial charge < -0.3 is 20.3 Å². The van der Waals surface area contributed by atoms with E-state index in [4.69, 9.17) is 4.74 Å². The molecule has 0 aromatic carbocycles. The Morgan fingerprint density at radius 3 is 2.77 bits per heavy atom. The first-order chi connectivity index (χ1) is 11.8. The van der Waals surface area contributed by atoms with Gasteiger partial charge in [0.05, 0.1) is 25.9 Å². The van der Waals surface area contributed by atoms with Crippen molar-refractivity contribution in [3.8, 4) is 0 Å². The maximum Gasteiger partial charge on any atom is 0.405 e. The number of ether oxygens (including phenoxy) is 1. The standard InChI is InChI=1S/C14H21F3N6O2.HI/c1-18-13(19-6-12(24)20-9-14(15,16)17)23-3-4-25-11(8-23)10-5-21-22(2)7-10;/h5,7,11H,3-4,6,8-9H2,1-2H3,(H,18,19)(H,20,24);1H. The summed E-state index contributed by atoms with van der Waals surface area (Å²) in [6.07, 6.45) is -1.05. The smallest absolute Gasteiger partial charge is 0.370 e. The Kier molecular flexibility index (Phi) is 8.59. The van der Waals surface area contributed by atoms with Gasteiger partial charge in [-0.3, -0.25) is 14.5 Å². The Labute approximate surface area is 166 Å². The van der Waals surface area contributed by atoms with Crippen molar-refractivity contribution in [1.82, 2.24) is 25.3 Å². The lowest BCUT2D eigenvalue weighted by atomic mass is 10.1. The van der Waals surface area contributed by atoms with Crippen molar-refractivity contribution in [3.05, 3.63) is 18.0 Å². The molecular weight excluding hydrogens is 468 g/mol. The van der Waals surface area contributed by atoms with E-state index >= 15 is 0 Å². The molecule has 1 aliphatic rings. The maximum atomic E-state index is 12.1. The first kappa shape index (κ1) is 22.5. The average molecular weight is 490 g/mol. The number of aliphatic imine (C=N–C) groups is 1. The summed E-state index contributed by atoms with van der Waals surface area (Å²) in [7, 11) is 3.36. The van der Waals surface area contributed by atoms with Gasteiger partial charge in [0.25, 0.3) is 0 Å². The number of hydrogen-bond donors (Lipinski definition) is 2. The molecule has 1 aromatic rings. The van der Waals surface area contributed by atoms with E-state index in [0.717, 1.165) is 5.56 Å². The fraction of sp³-hybridized carbons (Fsp3) is 0.643. The van der Waals surface area contributed by atoms with E-state index in [1.807, 2.05) is 18.1 Å². The lowest BCUT2D eigenvalue weighted by Gasteiger charge is -2.34. The molecule has 148 valence electrons. The van der Waals surface area contributed by atoms with Crippen LogP contribution in [0.25, 0.3) is 0 Å². The summed E-state index contributed by atoms with van der Waals surface area (Å²) < 4.78 is 43.7. The van der Waals surface area contributed by atoms with Crippen LogP contribution in [0.4, 0.5) is 13.2 Å². The predicted octanol–water partition coefficient (Wildman–Crippen LogP) is 0.665. The Morgan fingerprint density at radius 2 is 2.19 bits per heavy atom. The van der Waals surface area contributed by atoms with Crippen LogP contribution in [-0.2, 0) is 16.6 Å². The van der Waals surface area contributed by atoms with Gasteiger partial charge in [0.2, 0.25) is 5.91 Å². The van der Waals surface area contributed by atoms with Crippen molar-refractivity contribution in [1.29, 1.82) is 0 Å². The van der Waals surface area contributed by atoms with E-state index in [1.54, 1.807) is 23.2 Å². The van der Waals surface area contributed by atoms with Crippen molar-refractivity contribution >= 4 is 35.8 Å². The van der Waals surface area contributed by atoms with E-state index in [0.29, 0.717) is 25.7 Å². The first-order valence-corrected chi connectivity index (χ1v) is 7.67. The fourth-order valence-corrected chi connectivity index (χ4v) is 2.40. The van der Waals surface area contributed by atoms with Crippen LogP contribution in [0.1, 0.15) is 11.7 Å². The third-order valence-corrected chi connectivity index (χ3v) is 3.57. The Morgan fingerprint density at radius 1 is 1.46 bits per heavy atom. The zero-order valence-corrected chi connectivity index (χ0v) is 16.7. The minimum Gasteiger partial charge on any atom is -0.370 e. The number of nitrogens with one attached hydrogen (secondary N) is 2. The maximum absolute atomic E-state index is 12.1. The zero-order chi connectivity index (χ0) is 18.4. The molecule has 8 nitrogen and oxygen atoms in total. The normalized spacial score (nSPS) is 18.3. The quantitative estimate of drug-likeness (QED) is 0.369. The summed E-state index contributed by atoms with van der Waals surface area (Å²) in [6, 6.07) is 0. The van der Waals surface area contributed by atoms with Crippen LogP contribution in [0, 0.1) is 0 Å². The van der Waals surface area contributed by atoms with E-state index in [1.165, 1.54) is 0 Å². The second-order valence-corrected chi connectivity index (χ2v) is 5.55. The molecule has 1 fully saturated rings. The van der Waals surface area contributed by atoms with Gasteiger partial charge in [0.1, 0.15) is 12.6 Å². The number of halogens is 4. The Balaban J connectivity index is 0.00000338. The molecule has 1 aliphatic heterocycles. The van der Waals surface area contributed by atoms with Crippen molar-refractivity contribution in [2.45, 2.75) is 12.3 Å². The molecule has 2 N–H and O–H groups in total. The van der Waals surface area contributed by atoms with Crippen LogP contribution in [0.3, 0.4) is 0 Å². The largest absolute Gasteiger partial charge is 0.405 e. The number of aromatic nitrogens is 2. The number of amides is 1. The number of nitrogens with zero attached hydrogens (tertiary/aromatic N) is 4. The van der Waals surface area contributed by atoms with Crippen LogP contribution >= 0.6 is 24.0 Å². The summed E-state index contributed by atoms with van der Waals surface area (Å²) in [4.78, 5) is 17.5. The van der Waals surface area contributed by atoms with Crippen LogP contribution in [-0.4, -0.2) is 72.6 Å². The first-order valence-electron chi connectivity index (χ1n) is 7.67. The van der Waals surface area contributed by atoms with Gasteiger partial charge in [0.15, 0.2) is 5.96 Å². The van der Waals surface area contributed by atoms with Crippen LogP contribution in [0.2, 0.25) is 0 Å². The van der Waals surface area contributed by atoms with E-state index < -0.39 is 18.6 Å². The molecule has 1 saturated heterocycles. The average Bonchev–Trinajstić information content (AvgIpc) is 3.00. The molecule has 0 bridgehead atoms. The number of hydrogen-bond acceptors (Lipinski definition) is 4. The molecule has 1 atom stereocenters. The van der Waals surface area contributed by atoms with Gasteiger partial charge in [-0.25, -0.2) is 0 Å². The van der Waals surface area contributed by atoms with Gasteiger partial charge >= 0.3 is 6.18 Å². The van der Waals surface area contributed by atoms with Gasteiger partial charge in [-0.15, -0.1) is 24.0 Å². The molecule has 26 heavy (non-hydrogen) atoms. The second kappa shape index (κ2) is 9.94. The van der Waals surface area contributed by atoms with E-state index in [9.17, 15) is 18.0 Å². The number of morpholine rings is 1. The van der Waals surface area contributed by atoms with Gasteiger partial charge in [0, 0.05) is 32.4 Å². The highest BCUT2D eigenvalue weighted by molar-refractivity contribution is 14.0. The van der Waals surface area contributed by atoms with Crippen LogP contribution in [0.15, 0.2) is 17.4 Å². The SMILES string of the molecule is CN=C(NCC(=O)NCC(F)(F)F)N1CCOC(c2cnn(C)c2)C1.I. The number of rotatable bonds is 4. The van der Waals surface area contributed by atoms with Crippen molar-refractivity contribution in [3.63, 3.8) is 0 Å². The minimum atomic E-state index is -4.43. The predicted molar refractivity (Wildman–Crippen MR) is 99.3 cm³/mol. The van der Waals surface area contributed by atoms with E-state index in [-0.39, 0.29) is 36.6 Å². The molecule has 2 rings (SSSR count). The summed E-state index contributed by atoms with van der Waals surface area (Å²) in [5, 5.41) is 8.69. The molecule has 0 aliphatic carbocycles. The third-order valence-electron chi connectivity index (χ3n) is 3.57. The highest BCUT2D eigenvalue weighted by Gasteiger charge is 2.28. The molecule has 1 unspecified atom stereocenters. The van der Waals surface area contributed by atoms with Crippen molar-refractivity contribution in [2.75, 3.05) is 39.8 Å². The Hall–Kier alpha value is -1.57. The number of guanidine groups is 1. The molecule has 1 amide bonds. The zero-order valence-electron chi connectivity index (χ0n) is 14.4. The topological polar surface area (TPSA) is 83.8 Å². The number of carbonyl (C=O) groups is 1. The minimum absolute atomic E-state index is 0. The number of aryl methyl sites for hydroxylation is 1. The number of alkyl halides is 3. The number of carbonyl (C=O) groups excluding carboxylic acids is 1. The van der Waals surface area contributed by atoms with Gasteiger partial charge in [-0.1, -0.05) is 0 Å². The molecule has 0 saturated carbocycles. The fourth-order valence-electron chi connectivity index (χ4n) is 2.40. The van der Waals surface area contributed by atoms with Crippen molar-refractivity contribution < 1.29 is 22.7 Å². The molecular formula is C14H22F3IN6O2. The van der Waals surface area contributed by atoms with E-state index in [2.05, 4.69) is 15.4 Å². The summed E-state index contributed by atoms with van der Waals surface area (Å²) in [6.45, 7) is -0.138. The summed E-state index contributed by atoms with van der Waals surface area (Å²) >= 11 is 0. The molecule has 12 heteroatoms. The second-order valence-electron chi connectivity index (χ2n) is 5.55. The monoisotopic (exact) mass is 490 g/mol. The lowest BCUT2D eigenvalue weighted by molar-refractivity contribution is -0.137. The molecule has 0 radical (unpaired) electrons. The van der Waals surface area contributed by atoms with Gasteiger partial charge in [-0.2, -0.15) is 18.3 Å². The van der Waals surface area contributed by atoms with Crippen molar-refractivity contribution in [2.24, 2.45) is 12.0 Å². The Bertz CT molecular complexity index is 622. The highest BCUT2D eigenvalue weighted by Crippen LogP contribution is 2.21. The van der Waals surface area contributed by atoms with Crippen LogP contribution in [0.5, 0.6) is 0 Å². The van der Waals surface area contributed by atoms with Crippen LogP contribution < -0.4 is 10.6 Å². The summed E-state index contributed by atoms with van der Waals surface area (Å²) in [5.74, 6) is -0.324. The summed E-state index contributed by atoms with van der Waals surface area (Å²) in [5.41, 5.74) is 0.922. The van der Waals surface area contributed by atoms with Gasteiger partial charge in [-0.05, 0) is 0 Å². The third kappa shape index (κ3) is 6.97. The molecule has 1 aromatic heterocycles. The molecule has 0 spiro atoms. The molecule has 2 heterocycles. The lowest BCUT2D eigenvalue weighted by Crippen LogP contribution is -2.50.